The first-order valence-corrected chi connectivity index (χ1v) is 8.46. The minimum Gasteiger partial charge on any atom is -0.369 e. The van der Waals surface area contributed by atoms with Gasteiger partial charge in [0, 0.05) is 36.8 Å². The molecular weight excluding hydrogens is 341 g/mol. The van der Waals surface area contributed by atoms with Gasteiger partial charge in [-0.3, -0.25) is 4.79 Å². The molecule has 1 aliphatic rings. The van der Waals surface area contributed by atoms with Crippen LogP contribution in [0.25, 0.3) is 0 Å². The number of carbonyl (C=O) groups excluding carboxylic acids is 1. The predicted molar refractivity (Wildman–Crippen MR) is 95.3 cm³/mol. The lowest BCUT2D eigenvalue weighted by Crippen LogP contribution is -2.35. The second-order valence-corrected chi connectivity index (χ2v) is 6.35. The molecule has 128 valence electrons. The van der Waals surface area contributed by atoms with E-state index >= 15 is 0 Å². The van der Waals surface area contributed by atoms with Crippen molar-refractivity contribution in [1.82, 2.24) is 4.90 Å². The van der Waals surface area contributed by atoms with Crippen molar-refractivity contribution in [2.24, 2.45) is 0 Å². The first kappa shape index (κ1) is 17.2. The van der Waals surface area contributed by atoms with Crippen LogP contribution in [0, 0.1) is 17.1 Å². The standard InChI is InChI=1S/C19H17ClFN3O/c20-16-4-7-18(15(12-16)13-22)23-8-1-9-24(11-10-23)19(25)14-2-5-17(21)6-3-14/h2-7,12H,1,8-11H2. The van der Waals surface area contributed by atoms with Gasteiger partial charge in [0.15, 0.2) is 0 Å². The summed E-state index contributed by atoms with van der Waals surface area (Å²) in [5.74, 6) is -0.455. The van der Waals surface area contributed by atoms with Crippen LogP contribution in [0.2, 0.25) is 5.02 Å². The van der Waals surface area contributed by atoms with Gasteiger partial charge in [0.1, 0.15) is 11.9 Å². The average Bonchev–Trinajstić information content (AvgIpc) is 2.87. The summed E-state index contributed by atoms with van der Waals surface area (Å²) in [6.07, 6.45) is 0.792. The van der Waals surface area contributed by atoms with E-state index in [1.165, 1.54) is 24.3 Å². The van der Waals surface area contributed by atoms with Gasteiger partial charge in [0.2, 0.25) is 0 Å². The first-order valence-electron chi connectivity index (χ1n) is 8.08. The molecule has 1 saturated heterocycles. The molecule has 1 fully saturated rings. The smallest absolute Gasteiger partial charge is 0.253 e. The third kappa shape index (κ3) is 3.92. The molecule has 0 bridgehead atoms. The Kier molecular flexibility index (Phi) is 5.20. The van der Waals surface area contributed by atoms with Crippen molar-refractivity contribution >= 4 is 23.2 Å². The van der Waals surface area contributed by atoms with Crippen LogP contribution in [-0.4, -0.2) is 37.0 Å². The average molecular weight is 358 g/mol. The highest BCUT2D eigenvalue weighted by Crippen LogP contribution is 2.25. The van der Waals surface area contributed by atoms with Crippen LogP contribution in [0.3, 0.4) is 0 Å². The number of nitrogens with zero attached hydrogens (tertiary/aromatic N) is 3. The van der Waals surface area contributed by atoms with Crippen molar-refractivity contribution in [3.8, 4) is 6.07 Å². The molecule has 0 unspecified atom stereocenters. The Morgan fingerprint density at radius 2 is 1.84 bits per heavy atom. The number of hydrogen-bond acceptors (Lipinski definition) is 3. The number of nitriles is 1. The molecule has 0 spiro atoms. The van der Waals surface area contributed by atoms with Crippen LogP contribution in [-0.2, 0) is 0 Å². The summed E-state index contributed by atoms with van der Waals surface area (Å²) in [6.45, 7) is 2.55. The summed E-state index contributed by atoms with van der Waals surface area (Å²) in [5.41, 5.74) is 1.85. The molecule has 0 saturated carbocycles. The summed E-state index contributed by atoms with van der Waals surface area (Å²) >= 11 is 5.96. The maximum absolute atomic E-state index is 13.0. The van der Waals surface area contributed by atoms with Crippen molar-refractivity contribution in [3.63, 3.8) is 0 Å². The van der Waals surface area contributed by atoms with Gasteiger partial charge in [-0.05, 0) is 48.9 Å². The van der Waals surface area contributed by atoms with Crippen LogP contribution < -0.4 is 4.90 Å². The Hall–Kier alpha value is -2.58. The summed E-state index contributed by atoms with van der Waals surface area (Å²) in [5, 5.41) is 9.86. The SMILES string of the molecule is N#Cc1cc(Cl)ccc1N1CCCN(C(=O)c2ccc(F)cc2)CC1. The normalized spacial score (nSPS) is 14.8. The van der Waals surface area contributed by atoms with Crippen LogP contribution in [0.4, 0.5) is 10.1 Å². The van der Waals surface area contributed by atoms with Gasteiger partial charge < -0.3 is 9.80 Å². The van der Waals surface area contributed by atoms with Gasteiger partial charge in [-0.1, -0.05) is 11.6 Å². The topological polar surface area (TPSA) is 47.3 Å². The molecular formula is C19H17ClFN3O. The molecule has 2 aromatic carbocycles. The molecule has 1 aliphatic heterocycles. The van der Waals surface area contributed by atoms with E-state index in [1.54, 1.807) is 17.0 Å². The van der Waals surface area contributed by atoms with Crippen LogP contribution in [0.15, 0.2) is 42.5 Å². The Bertz CT molecular complexity index is 816. The van der Waals surface area contributed by atoms with Crippen molar-refractivity contribution < 1.29 is 9.18 Å². The van der Waals surface area contributed by atoms with E-state index in [-0.39, 0.29) is 11.7 Å². The fraction of sp³-hybridized carbons (Fsp3) is 0.263. The Balaban J connectivity index is 1.73. The fourth-order valence-electron chi connectivity index (χ4n) is 3.01. The largest absolute Gasteiger partial charge is 0.369 e. The van der Waals surface area contributed by atoms with Crippen molar-refractivity contribution in [2.75, 3.05) is 31.1 Å². The van der Waals surface area contributed by atoms with Gasteiger partial charge in [0.25, 0.3) is 5.91 Å². The van der Waals surface area contributed by atoms with Crippen LogP contribution in [0.5, 0.6) is 0 Å². The lowest BCUT2D eigenvalue weighted by molar-refractivity contribution is 0.0767. The second kappa shape index (κ2) is 7.54. The molecule has 4 nitrogen and oxygen atoms in total. The summed E-state index contributed by atoms with van der Waals surface area (Å²) in [4.78, 5) is 16.5. The zero-order valence-corrected chi connectivity index (χ0v) is 14.3. The van der Waals surface area contributed by atoms with E-state index in [0.717, 1.165) is 18.7 Å². The first-order chi connectivity index (χ1) is 12.1. The maximum atomic E-state index is 13.0. The Morgan fingerprint density at radius 3 is 2.56 bits per heavy atom. The van der Waals surface area contributed by atoms with E-state index in [1.807, 2.05) is 6.07 Å². The Labute approximate surface area is 151 Å². The highest BCUT2D eigenvalue weighted by Gasteiger charge is 2.21. The number of benzene rings is 2. The Morgan fingerprint density at radius 1 is 1.08 bits per heavy atom. The molecule has 0 radical (unpaired) electrons. The third-order valence-electron chi connectivity index (χ3n) is 4.29. The van der Waals surface area contributed by atoms with Gasteiger partial charge in [-0.25, -0.2) is 4.39 Å². The lowest BCUT2D eigenvalue weighted by Gasteiger charge is -2.24. The molecule has 2 aromatic rings. The summed E-state index contributed by atoms with van der Waals surface area (Å²) in [6, 6.07) is 13.1. The highest BCUT2D eigenvalue weighted by atomic mass is 35.5. The van der Waals surface area contributed by atoms with Gasteiger partial charge in [-0.2, -0.15) is 5.26 Å². The summed E-state index contributed by atoms with van der Waals surface area (Å²) in [7, 11) is 0. The zero-order chi connectivity index (χ0) is 17.8. The number of rotatable bonds is 2. The van der Waals surface area contributed by atoms with Gasteiger partial charge in [0.05, 0.1) is 11.3 Å². The quantitative estimate of drug-likeness (QED) is 0.823. The molecule has 0 aliphatic carbocycles. The van der Waals surface area contributed by atoms with Gasteiger partial charge in [-0.15, -0.1) is 0 Å². The number of halogens is 2. The number of carbonyl (C=O) groups is 1. The van der Waals surface area contributed by atoms with E-state index in [9.17, 15) is 14.4 Å². The summed E-state index contributed by atoms with van der Waals surface area (Å²) < 4.78 is 13.0. The molecule has 1 heterocycles. The van der Waals surface area contributed by atoms with Crippen molar-refractivity contribution in [2.45, 2.75) is 6.42 Å². The minimum atomic E-state index is -0.356. The van der Waals surface area contributed by atoms with Crippen LogP contribution >= 0.6 is 11.6 Å². The van der Waals surface area contributed by atoms with Gasteiger partial charge >= 0.3 is 0 Å². The van der Waals surface area contributed by atoms with Crippen molar-refractivity contribution in [3.05, 3.63) is 64.4 Å². The monoisotopic (exact) mass is 357 g/mol. The highest BCUT2D eigenvalue weighted by molar-refractivity contribution is 6.30. The molecule has 1 amide bonds. The second-order valence-electron chi connectivity index (χ2n) is 5.91. The zero-order valence-electron chi connectivity index (χ0n) is 13.6. The van der Waals surface area contributed by atoms with E-state index < -0.39 is 0 Å². The van der Waals surface area contributed by atoms with E-state index in [2.05, 4.69) is 11.0 Å². The fourth-order valence-corrected chi connectivity index (χ4v) is 3.18. The van der Waals surface area contributed by atoms with E-state index in [0.29, 0.717) is 35.8 Å². The molecule has 6 heteroatoms. The van der Waals surface area contributed by atoms with Crippen molar-refractivity contribution in [1.29, 1.82) is 5.26 Å². The molecule has 0 aromatic heterocycles. The number of hydrogen-bond donors (Lipinski definition) is 0. The number of anilines is 1. The molecule has 0 atom stereocenters. The molecule has 3 rings (SSSR count). The maximum Gasteiger partial charge on any atom is 0.253 e. The third-order valence-corrected chi connectivity index (χ3v) is 4.53. The lowest BCUT2D eigenvalue weighted by atomic mass is 10.1. The van der Waals surface area contributed by atoms with E-state index in [4.69, 9.17) is 11.6 Å². The predicted octanol–water partition coefficient (Wildman–Crippen LogP) is 3.70. The minimum absolute atomic E-state index is 0.0986. The molecule has 0 N–H and O–H groups in total. The van der Waals surface area contributed by atoms with Crippen LogP contribution in [0.1, 0.15) is 22.3 Å². The number of amides is 1. The molecule has 25 heavy (non-hydrogen) atoms.